The van der Waals surface area contributed by atoms with Crippen molar-refractivity contribution >= 4 is 11.9 Å². The third-order valence-electron chi connectivity index (χ3n) is 5.33. The van der Waals surface area contributed by atoms with Crippen LogP contribution in [-0.4, -0.2) is 50.0 Å². The van der Waals surface area contributed by atoms with E-state index in [1.807, 2.05) is 24.3 Å². The molecular weight excluding hydrogens is 362 g/mol. The summed E-state index contributed by atoms with van der Waals surface area (Å²) in [7, 11) is 3.43. The second-order valence-corrected chi connectivity index (χ2v) is 7.34. The maximum Gasteiger partial charge on any atom is 0.251 e. The van der Waals surface area contributed by atoms with Crippen molar-refractivity contribution in [2.24, 2.45) is 4.99 Å². The van der Waals surface area contributed by atoms with Gasteiger partial charge in [-0.15, -0.1) is 0 Å². The van der Waals surface area contributed by atoms with E-state index in [1.165, 1.54) is 18.4 Å². The van der Waals surface area contributed by atoms with Gasteiger partial charge in [0, 0.05) is 45.3 Å². The van der Waals surface area contributed by atoms with Gasteiger partial charge in [0.25, 0.3) is 5.91 Å². The Morgan fingerprint density at radius 1 is 1.10 bits per heavy atom. The van der Waals surface area contributed by atoms with Gasteiger partial charge >= 0.3 is 0 Å². The second kappa shape index (κ2) is 10.6. The van der Waals surface area contributed by atoms with Gasteiger partial charge in [0.1, 0.15) is 0 Å². The number of benzene rings is 2. The molecule has 1 aliphatic heterocycles. The van der Waals surface area contributed by atoms with E-state index in [0.717, 1.165) is 31.2 Å². The molecule has 1 atom stereocenters. The highest BCUT2D eigenvalue weighted by atomic mass is 16.1. The Labute approximate surface area is 173 Å². The van der Waals surface area contributed by atoms with E-state index in [4.69, 9.17) is 0 Å². The van der Waals surface area contributed by atoms with Crippen LogP contribution in [0.1, 0.15) is 34.3 Å². The topological polar surface area (TPSA) is 68.8 Å². The number of nitrogens with one attached hydrogen (secondary N) is 3. The normalized spacial score (nSPS) is 17.2. The van der Waals surface area contributed by atoms with Crippen LogP contribution in [0.5, 0.6) is 0 Å². The average molecular weight is 394 g/mol. The molecule has 3 rings (SSSR count). The van der Waals surface area contributed by atoms with Crippen molar-refractivity contribution in [1.29, 1.82) is 0 Å². The van der Waals surface area contributed by atoms with Gasteiger partial charge in [-0.1, -0.05) is 42.5 Å². The van der Waals surface area contributed by atoms with Crippen LogP contribution in [0, 0.1) is 0 Å². The van der Waals surface area contributed by atoms with Crippen molar-refractivity contribution in [3.05, 3.63) is 71.3 Å². The number of likely N-dealkylation sites (tertiary alicyclic amines) is 1. The summed E-state index contributed by atoms with van der Waals surface area (Å²) in [5.41, 5.74) is 3.07. The predicted octanol–water partition coefficient (Wildman–Crippen LogP) is 2.38. The minimum Gasteiger partial charge on any atom is -0.355 e. The van der Waals surface area contributed by atoms with Gasteiger partial charge < -0.3 is 16.0 Å². The summed E-state index contributed by atoms with van der Waals surface area (Å²) in [4.78, 5) is 18.7. The van der Waals surface area contributed by atoms with Crippen molar-refractivity contribution in [1.82, 2.24) is 20.9 Å². The number of nitrogens with zero attached hydrogens (tertiary/aromatic N) is 2. The molecule has 1 heterocycles. The van der Waals surface area contributed by atoms with E-state index in [0.29, 0.717) is 18.2 Å². The minimum atomic E-state index is -0.0749. The molecule has 29 heavy (non-hydrogen) atoms. The van der Waals surface area contributed by atoms with Crippen molar-refractivity contribution < 1.29 is 4.79 Å². The molecule has 154 valence electrons. The summed E-state index contributed by atoms with van der Waals surface area (Å²) in [6, 6.07) is 18.8. The van der Waals surface area contributed by atoms with Gasteiger partial charge in [0.05, 0.1) is 0 Å². The molecule has 1 saturated heterocycles. The predicted molar refractivity (Wildman–Crippen MR) is 118 cm³/mol. The summed E-state index contributed by atoms with van der Waals surface area (Å²) >= 11 is 0. The first-order valence-corrected chi connectivity index (χ1v) is 10.2. The number of amides is 1. The molecule has 0 bridgehead atoms. The number of rotatable bonds is 7. The zero-order chi connectivity index (χ0) is 20.5. The van der Waals surface area contributed by atoms with Crippen LogP contribution in [0.25, 0.3) is 0 Å². The average Bonchev–Trinajstić information content (AvgIpc) is 3.21. The molecule has 6 heteroatoms. The van der Waals surface area contributed by atoms with E-state index in [9.17, 15) is 4.79 Å². The van der Waals surface area contributed by atoms with E-state index in [2.05, 4.69) is 56.2 Å². The highest BCUT2D eigenvalue weighted by Crippen LogP contribution is 2.19. The van der Waals surface area contributed by atoms with Crippen molar-refractivity contribution in [2.45, 2.75) is 32.0 Å². The van der Waals surface area contributed by atoms with Crippen LogP contribution in [0.3, 0.4) is 0 Å². The van der Waals surface area contributed by atoms with Crippen LogP contribution >= 0.6 is 0 Å². The summed E-state index contributed by atoms with van der Waals surface area (Å²) < 4.78 is 0. The molecule has 1 unspecified atom stereocenters. The molecule has 6 nitrogen and oxygen atoms in total. The number of hydrogen-bond acceptors (Lipinski definition) is 3. The third kappa shape index (κ3) is 6.06. The lowest BCUT2D eigenvalue weighted by atomic mass is 10.1. The first kappa shape index (κ1) is 20.9. The third-order valence-corrected chi connectivity index (χ3v) is 5.33. The van der Waals surface area contributed by atoms with Crippen LogP contribution in [-0.2, 0) is 13.1 Å². The van der Waals surface area contributed by atoms with Crippen LogP contribution < -0.4 is 16.0 Å². The summed E-state index contributed by atoms with van der Waals surface area (Å²) in [6.07, 6.45) is 2.43. The first-order chi connectivity index (χ1) is 14.2. The van der Waals surface area contributed by atoms with Gasteiger partial charge in [-0.05, 0) is 42.6 Å². The molecule has 1 fully saturated rings. The van der Waals surface area contributed by atoms with E-state index >= 15 is 0 Å². The summed E-state index contributed by atoms with van der Waals surface area (Å²) in [5, 5.41) is 9.47. The van der Waals surface area contributed by atoms with Crippen molar-refractivity contribution in [3.8, 4) is 0 Å². The Balaban J connectivity index is 1.49. The lowest BCUT2D eigenvalue weighted by Crippen LogP contribution is -2.44. The van der Waals surface area contributed by atoms with Crippen LogP contribution in [0.15, 0.2) is 59.6 Å². The Kier molecular flexibility index (Phi) is 7.64. The number of carbonyl (C=O) groups is 1. The highest BCUT2D eigenvalue weighted by molar-refractivity contribution is 5.94. The molecule has 1 amide bonds. The molecule has 0 aliphatic carbocycles. The molecule has 0 aromatic heterocycles. The smallest absolute Gasteiger partial charge is 0.251 e. The monoisotopic (exact) mass is 393 g/mol. The molecule has 1 aliphatic rings. The maximum absolute atomic E-state index is 11.8. The van der Waals surface area contributed by atoms with E-state index in [-0.39, 0.29) is 5.91 Å². The lowest BCUT2D eigenvalue weighted by Gasteiger charge is -2.25. The Hall–Kier alpha value is -2.86. The Morgan fingerprint density at radius 2 is 1.90 bits per heavy atom. The molecule has 2 aromatic rings. The lowest BCUT2D eigenvalue weighted by molar-refractivity contribution is 0.0963. The molecule has 0 saturated carbocycles. The standard InChI is InChI=1S/C23H31N5O/c1-24-22(29)20-11-6-10-19(14-20)15-26-23(25-2)27-16-21-12-7-13-28(21)17-18-8-4-3-5-9-18/h3-6,8-11,14,21H,7,12-13,15-17H2,1-2H3,(H,24,29)(H2,25,26,27). The summed E-state index contributed by atoms with van der Waals surface area (Å²) in [6.45, 7) is 3.61. The zero-order valence-corrected chi connectivity index (χ0v) is 17.3. The largest absolute Gasteiger partial charge is 0.355 e. The fourth-order valence-electron chi connectivity index (χ4n) is 3.74. The zero-order valence-electron chi connectivity index (χ0n) is 17.3. The molecule has 3 N–H and O–H groups in total. The Morgan fingerprint density at radius 3 is 2.66 bits per heavy atom. The maximum atomic E-state index is 11.8. The number of carbonyl (C=O) groups excluding carboxylic acids is 1. The highest BCUT2D eigenvalue weighted by Gasteiger charge is 2.24. The van der Waals surface area contributed by atoms with Crippen molar-refractivity contribution in [3.63, 3.8) is 0 Å². The fraction of sp³-hybridized carbons (Fsp3) is 0.391. The van der Waals surface area contributed by atoms with Gasteiger partial charge in [0.2, 0.25) is 0 Å². The van der Waals surface area contributed by atoms with Gasteiger partial charge in [-0.25, -0.2) is 0 Å². The van der Waals surface area contributed by atoms with E-state index < -0.39 is 0 Å². The fourth-order valence-corrected chi connectivity index (χ4v) is 3.74. The van der Waals surface area contributed by atoms with E-state index in [1.54, 1.807) is 14.1 Å². The van der Waals surface area contributed by atoms with Gasteiger partial charge in [-0.3, -0.25) is 14.7 Å². The number of guanidine groups is 1. The van der Waals surface area contributed by atoms with Crippen LogP contribution in [0.4, 0.5) is 0 Å². The van der Waals surface area contributed by atoms with Gasteiger partial charge in [-0.2, -0.15) is 0 Å². The Bertz CT molecular complexity index is 821. The van der Waals surface area contributed by atoms with Gasteiger partial charge in [0.15, 0.2) is 5.96 Å². The van der Waals surface area contributed by atoms with Crippen LogP contribution in [0.2, 0.25) is 0 Å². The van der Waals surface area contributed by atoms with Crippen molar-refractivity contribution in [2.75, 3.05) is 27.2 Å². The number of hydrogen-bond donors (Lipinski definition) is 3. The molecule has 2 aromatic carbocycles. The first-order valence-electron chi connectivity index (χ1n) is 10.2. The number of aliphatic imine (C=N–C) groups is 1. The quantitative estimate of drug-likeness (QED) is 0.499. The minimum absolute atomic E-state index is 0.0749. The molecular formula is C23H31N5O. The molecule has 0 spiro atoms. The summed E-state index contributed by atoms with van der Waals surface area (Å²) in [5.74, 6) is 0.705. The SMILES string of the molecule is CN=C(NCc1cccc(C(=O)NC)c1)NCC1CCCN1Cc1ccccc1. The molecule has 0 radical (unpaired) electrons. The second-order valence-electron chi connectivity index (χ2n) is 7.34.